The Labute approximate surface area is 283 Å². The van der Waals surface area contributed by atoms with Crippen LogP contribution in [0.4, 0.5) is 0 Å². The molecule has 47 heavy (non-hydrogen) atoms. The maximum atomic E-state index is 13.5. The minimum absolute atomic E-state index is 0.0295. The van der Waals surface area contributed by atoms with E-state index in [9.17, 15) is 19.2 Å². The number of rotatable bonds is 8. The van der Waals surface area contributed by atoms with Crippen LogP contribution >= 0.6 is 11.6 Å². The molecule has 2 amide bonds. The van der Waals surface area contributed by atoms with Gasteiger partial charge in [-0.15, -0.1) is 0 Å². The zero-order valence-electron chi connectivity index (χ0n) is 28.3. The van der Waals surface area contributed by atoms with Crippen LogP contribution in [0.1, 0.15) is 64.2 Å². The predicted octanol–water partition coefficient (Wildman–Crippen LogP) is 6.01. The van der Waals surface area contributed by atoms with E-state index in [1.165, 1.54) is 13.2 Å². The predicted molar refractivity (Wildman–Crippen MR) is 183 cm³/mol. The van der Waals surface area contributed by atoms with Crippen molar-refractivity contribution in [2.45, 2.75) is 79.1 Å². The summed E-state index contributed by atoms with van der Waals surface area (Å²) in [7, 11) is 1.51. The molecule has 10 heteroatoms. The molecule has 0 bridgehead atoms. The van der Waals surface area contributed by atoms with E-state index in [1.54, 1.807) is 38.1 Å². The Bertz CT molecular complexity index is 1470. The van der Waals surface area contributed by atoms with Gasteiger partial charge in [-0.05, 0) is 62.4 Å². The molecule has 1 heterocycles. The van der Waals surface area contributed by atoms with Crippen molar-refractivity contribution in [3.63, 3.8) is 0 Å². The van der Waals surface area contributed by atoms with Crippen LogP contribution in [0.15, 0.2) is 60.7 Å². The molecule has 9 nitrogen and oxygen atoms in total. The Morgan fingerprint density at radius 1 is 1.04 bits per heavy atom. The van der Waals surface area contributed by atoms with Crippen molar-refractivity contribution in [1.29, 1.82) is 0 Å². The van der Waals surface area contributed by atoms with Gasteiger partial charge in [0, 0.05) is 25.3 Å². The summed E-state index contributed by atoms with van der Waals surface area (Å²) in [5.74, 6) is -2.04. The number of cyclic esters (lactones) is 2. The Morgan fingerprint density at radius 2 is 1.74 bits per heavy atom. The highest BCUT2D eigenvalue weighted by atomic mass is 35.5. The quantitative estimate of drug-likeness (QED) is 0.331. The van der Waals surface area contributed by atoms with E-state index in [2.05, 4.69) is 10.6 Å². The van der Waals surface area contributed by atoms with Crippen molar-refractivity contribution in [3.8, 4) is 5.75 Å². The van der Waals surface area contributed by atoms with Crippen LogP contribution in [0.5, 0.6) is 5.75 Å². The van der Waals surface area contributed by atoms with Gasteiger partial charge in [0.05, 0.1) is 17.5 Å². The van der Waals surface area contributed by atoms with Gasteiger partial charge in [0.15, 0.2) is 6.10 Å². The van der Waals surface area contributed by atoms with Crippen molar-refractivity contribution < 1.29 is 33.4 Å². The molecule has 0 radical (unpaired) electrons. The summed E-state index contributed by atoms with van der Waals surface area (Å²) in [4.78, 5) is 53.4. The monoisotopic (exact) mass is 666 g/mol. The molecule has 4 atom stereocenters. The molecule has 0 aliphatic carbocycles. The van der Waals surface area contributed by atoms with Crippen molar-refractivity contribution in [3.05, 3.63) is 82.4 Å². The zero-order valence-corrected chi connectivity index (χ0v) is 29.1. The lowest BCUT2D eigenvalue weighted by molar-refractivity contribution is -0.178. The molecule has 1 aliphatic heterocycles. The van der Waals surface area contributed by atoms with Crippen LogP contribution in [-0.4, -0.2) is 55.7 Å². The summed E-state index contributed by atoms with van der Waals surface area (Å²) in [5.41, 5.74) is 1.65. The maximum Gasteiger partial charge on any atom is 0.347 e. The number of esters is 2. The number of hydrogen-bond donors (Lipinski definition) is 2. The molecule has 0 saturated carbocycles. The normalized spacial score (nSPS) is 22.6. The van der Waals surface area contributed by atoms with E-state index in [-0.39, 0.29) is 37.6 Å². The highest BCUT2D eigenvalue weighted by Crippen LogP contribution is 2.26. The lowest BCUT2D eigenvalue weighted by Crippen LogP contribution is -2.51. The summed E-state index contributed by atoms with van der Waals surface area (Å²) in [6.07, 6.45) is 5.65. The standard InChI is InChI=1S/C37H47ClN2O7/c1-23(2)19-32-35(43)46-30(25(4)13-16-26-14-11-24(3)12-15-26)9-8-10-33(41)40-29(21-27-17-18-31(45-7)28(38)20-27)34(42)39-22-37(5,6)36(44)47-32/h8,10-18,20,23,25,29-30,32H,9,19,21-22H2,1-7H3,(H,39,42)(H,40,41)/b10-8+,16-13+/t25-,29+,30-,32+/m1/s1. The summed E-state index contributed by atoms with van der Waals surface area (Å²) < 4.78 is 17.0. The zero-order chi connectivity index (χ0) is 34.7. The number of halogens is 1. The fraction of sp³-hybridized carbons (Fsp3) is 0.459. The van der Waals surface area contributed by atoms with Crippen molar-refractivity contribution >= 4 is 41.4 Å². The Hall–Kier alpha value is -4.11. The van der Waals surface area contributed by atoms with Crippen molar-refractivity contribution in [1.82, 2.24) is 10.6 Å². The first-order valence-corrected chi connectivity index (χ1v) is 16.3. The molecular weight excluding hydrogens is 620 g/mol. The number of benzene rings is 2. The average Bonchev–Trinajstić information content (AvgIpc) is 3.01. The van der Waals surface area contributed by atoms with E-state index in [4.69, 9.17) is 25.8 Å². The van der Waals surface area contributed by atoms with Gasteiger partial charge in [-0.3, -0.25) is 14.4 Å². The second-order valence-electron chi connectivity index (χ2n) is 13.1. The maximum absolute atomic E-state index is 13.5. The summed E-state index contributed by atoms with van der Waals surface area (Å²) in [6, 6.07) is 12.2. The number of hydrogen-bond acceptors (Lipinski definition) is 7. The number of nitrogens with one attached hydrogen (secondary N) is 2. The van der Waals surface area contributed by atoms with Crippen LogP contribution in [-0.2, 0) is 35.1 Å². The van der Waals surface area contributed by atoms with E-state index in [0.717, 1.165) is 11.1 Å². The molecular formula is C37H47ClN2O7. The molecule has 254 valence electrons. The molecule has 2 N–H and O–H groups in total. The lowest BCUT2D eigenvalue weighted by Gasteiger charge is -2.29. The Kier molecular flexibility index (Phi) is 13.6. The van der Waals surface area contributed by atoms with Crippen LogP contribution in [0.25, 0.3) is 6.08 Å². The number of carbonyl (C=O) groups excluding carboxylic acids is 4. The molecule has 2 aromatic carbocycles. The van der Waals surface area contributed by atoms with Crippen LogP contribution in [0.3, 0.4) is 0 Å². The van der Waals surface area contributed by atoms with Gasteiger partial charge in [-0.25, -0.2) is 4.79 Å². The first kappa shape index (κ1) is 37.3. The van der Waals surface area contributed by atoms with Crippen molar-refractivity contribution in [2.75, 3.05) is 13.7 Å². The highest BCUT2D eigenvalue weighted by molar-refractivity contribution is 6.32. The van der Waals surface area contributed by atoms with Gasteiger partial charge in [-0.2, -0.15) is 0 Å². The summed E-state index contributed by atoms with van der Waals surface area (Å²) in [6.45, 7) is 10.9. The lowest BCUT2D eigenvalue weighted by atomic mass is 9.93. The Balaban J connectivity index is 1.93. The van der Waals surface area contributed by atoms with Crippen LogP contribution < -0.4 is 15.4 Å². The summed E-state index contributed by atoms with van der Waals surface area (Å²) in [5, 5.41) is 5.91. The first-order chi connectivity index (χ1) is 22.2. The fourth-order valence-electron chi connectivity index (χ4n) is 4.88. The molecule has 0 fully saturated rings. The molecule has 0 spiro atoms. The highest BCUT2D eigenvalue weighted by Gasteiger charge is 2.37. The van der Waals surface area contributed by atoms with Crippen molar-refractivity contribution in [2.24, 2.45) is 17.3 Å². The van der Waals surface area contributed by atoms with Gasteiger partial charge < -0.3 is 24.8 Å². The van der Waals surface area contributed by atoms with Crippen LogP contribution in [0.2, 0.25) is 5.02 Å². The number of aryl methyl sites for hydroxylation is 1. The molecule has 2 aromatic rings. The number of carbonyl (C=O) groups is 4. The molecule has 0 aromatic heterocycles. The van der Waals surface area contributed by atoms with Gasteiger partial charge in [0.25, 0.3) is 0 Å². The molecule has 1 aliphatic rings. The van der Waals surface area contributed by atoms with E-state index < -0.39 is 47.4 Å². The first-order valence-electron chi connectivity index (χ1n) is 15.9. The molecule has 3 rings (SSSR count). The van der Waals surface area contributed by atoms with Gasteiger partial charge >= 0.3 is 11.9 Å². The fourth-order valence-corrected chi connectivity index (χ4v) is 5.16. The van der Waals surface area contributed by atoms with E-state index in [1.807, 2.05) is 64.1 Å². The third-order valence-electron chi connectivity index (χ3n) is 7.90. The average molecular weight is 667 g/mol. The Morgan fingerprint density at radius 3 is 2.38 bits per heavy atom. The number of ether oxygens (including phenoxy) is 3. The number of methoxy groups -OCH3 is 1. The summed E-state index contributed by atoms with van der Waals surface area (Å²) >= 11 is 6.31. The van der Waals surface area contributed by atoms with Crippen LogP contribution in [0, 0.1) is 24.2 Å². The third kappa shape index (κ3) is 11.6. The molecule has 0 unspecified atom stereocenters. The largest absolute Gasteiger partial charge is 0.495 e. The smallest absolute Gasteiger partial charge is 0.347 e. The second kappa shape index (κ2) is 17.2. The van der Waals surface area contributed by atoms with Gasteiger partial charge in [-0.1, -0.05) is 86.5 Å². The molecule has 0 saturated heterocycles. The second-order valence-corrected chi connectivity index (χ2v) is 13.5. The SMILES string of the molecule is COc1ccc(C[C@@H]2NC(=O)/C=C/C[C@H]([C@H](C)/C=C/c3ccc(C)cc3)OC(=O)[C@H](CC(C)C)OC(=O)C(C)(C)CNC2=O)cc1Cl. The van der Waals surface area contributed by atoms with E-state index in [0.29, 0.717) is 16.3 Å². The minimum Gasteiger partial charge on any atom is -0.495 e. The van der Waals surface area contributed by atoms with E-state index >= 15 is 0 Å². The van der Waals surface area contributed by atoms with Gasteiger partial charge in [0.1, 0.15) is 17.9 Å². The van der Waals surface area contributed by atoms with Gasteiger partial charge in [0.2, 0.25) is 11.8 Å². The third-order valence-corrected chi connectivity index (χ3v) is 8.20. The minimum atomic E-state index is -1.19. The number of amides is 2. The topological polar surface area (TPSA) is 120 Å².